The van der Waals surface area contributed by atoms with Gasteiger partial charge in [0.2, 0.25) is 0 Å². The van der Waals surface area contributed by atoms with Crippen molar-refractivity contribution in [3.8, 4) is 5.75 Å². The molecule has 2 aromatic rings. The first-order chi connectivity index (χ1) is 15.0. The third-order valence-corrected chi connectivity index (χ3v) is 8.48. The summed E-state index contributed by atoms with van der Waals surface area (Å²) in [6.07, 6.45) is 5.64. The fraction of sp³-hybridized carbons (Fsp3) is 0.520. The van der Waals surface area contributed by atoms with E-state index in [-0.39, 0.29) is 16.9 Å². The summed E-state index contributed by atoms with van der Waals surface area (Å²) in [7, 11) is 2.21. The normalized spacial score (nSPS) is 29.3. The van der Waals surface area contributed by atoms with Crippen LogP contribution in [0, 0.1) is 5.92 Å². The summed E-state index contributed by atoms with van der Waals surface area (Å²) in [6, 6.07) is 8.14. The summed E-state index contributed by atoms with van der Waals surface area (Å²) in [4.78, 5) is 33.3. The van der Waals surface area contributed by atoms with Gasteiger partial charge in [0, 0.05) is 30.2 Å². The van der Waals surface area contributed by atoms with Crippen LogP contribution in [0.15, 0.2) is 29.1 Å². The highest BCUT2D eigenvalue weighted by atomic mass is 16.3. The van der Waals surface area contributed by atoms with Crippen molar-refractivity contribution in [2.45, 2.75) is 50.0 Å². The van der Waals surface area contributed by atoms with Gasteiger partial charge in [-0.3, -0.25) is 9.59 Å². The van der Waals surface area contributed by atoms with Gasteiger partial charge in [0.05, 0.1) is 0 Å². The van der Waals surface area contributed by atoms with Gasteiger partial charge in [-0.15, -0.1) is 0 Å². The maximum absolute atomic E-state index is 13.0. The molecule has 2 saturated heterocycles. The molecule has 2 aliphatic carbocycles. The highest BCUT2D eigenvalue weighted by Gasteiger charge is 2.54. The van der Waals surface area contributed by atoms with Crippen molar-refractivity contribution >= 4 is 5.91 Å². The van der Waals surface area contributed by atoms with Crippen molar-refractivity contribution in [1.82, 2.24) is 14.8 Å². The van der Waals surface area contributed by atoms with E-state index in [0.29, 0.717) is 23.3 Å². The molecule has 6 heteroatoms. The number of hydrogen-bond acceptors (Lipinski definition) is 4. The average molecular weight is 420 g/mol. The Labute approximate surface area is 181 Å². The topological polar surface area (TPSA) is 76.6 Å². The summed E-state index contributed by atoms with van der Waals surface area (Å²) in [5.74, 6) is 0.599. The molecule has 1 unspecified atom stereocenters. The monoisotopic (exact) mass is 419 g/mol. The number of likely N-dealkylation sites (N-methyl/N-ethyl adjacent to an activating group) is 1. The number of phenols is 1. The fourth-order valence-corrected chi connectivity index (χ4v) is 6.87. The van der Waals surface area contributed by atoms with Gasteiger partial charge in [-0.25, -0.2) is 0 Å². The summed E-state index contributed by atoms with van der Waals surface area (Å²) in [6.45, 7) is 2.50. The van der Waals surface area contributed by atoms with E-state index < -0.39 is 0 Å². The maximum atomic E-state index is 13.0. The highest BCUT2D eigenvalue weighted by Crippen LogP contribution is 2.54. The van der Waals surface area contributed by atoms with Crippen LogP contribution in [0.3, 0.4) is 0 Å². The zero-order chi connectivity index (χ0) is 21.3. The molecular formula is C25H29N3O3. The van der Waals surface area contributed by atoms with Crippen LogP contribution in [0.4, 0.5) is 0 Å². The molecule has 0 saturated carbocycles. The first kappa shape index (κ1) is 19.1. The van der Waals surface area contributed by atoms with Gasteiger partial charge < -0.3 is 19.9 Å². The molecule has 6 rings (SSSR count). The molecule has 2 bridgehead atoms. The Morgan fingerprint density at radius 2 is 1.94 bits per heavy atom. The zero-order valence-corrected chi connectivity index (χ0v) is 18.0. The van der Waals surface area contributed by atoms with Gasteiger partial charge in [0.15, 0.2) is 0 Å². The molecule has 2 fully saturated rings. The Kier molecular flexibility index (Phi) is 4.13. The Morgan fingerprint density at radius 3 is 2.74 bits per heavy atom. The van der Waals surface area contributed by atoms with Crippen molar-refractivity contribution in [2.75, 3.05) is 26.7 Å². The molecule has 2 aliphatic heterocycles. The van der Waals surface area contributed by atoms with E-state index in [1.54, 1.807) is 6.07 Å². The van der Waals surface area contributed by atoms with Gasteiger partial charge in [-0.05, 0) is 92.9 Å². The lowest BCUT2D eigenvalue weighted by Gasteiger charge is -2.58. The second kappa shape index (κ2) is 6.70. The van der Waals surface area contributed by atoms with Gasteiger partial charge in [-0.1, -0.05) is 6.07 Å². The first-order valence-corrected chi connectivity index (χ1v) is 11.5. The van der Waals surface area contributed by atoms with Crippen LogP contribution in [0.5, 0.6) is 5.75 Å². The van der Waals surface area contributed by atoms with Crippen LogP contribution >= 0.6 is 0 Å². The summed E-state index contributed by atoms with van der Waals surface area (Å²) < 4.78 is 0. The molecule has 0 spiro atoms. The number of amides is 1. The molecule has 3 heterocycles. The van der Waals surface area contributed by atoms with Crippen LogP contribution in [0.2, 0.25) is 0 Å². The largest absolute Gasteiger partial charge is 0.508 e. The fourth-order valence-electron chi connectivity index (χ4n) is 6.87. The number of carbonyl (C=O) groups is 1. The molecule has 31 heavy (non-hydrogen) atoms. The highest BCUT2D eigenvalue weighted by molar-refractivity contribution is 5.94. The molecule has 6 nitrogen and oxygen atoms in total. The number of carbonyl (C=O) groups excluding carboxylic acids is 1. The quantitative estimate of drug-likeness (QED) is 0.743. The molecule has 4 aliphatic rings. The van der Waals surface area contributed by atoms with Gasteiger partial charge in [0.25, 0.3) is 11.5 Å². The van der Waals surface area contributed by atoms with Gasteiger partial charge in [-0.2, -0.15) is 0 Å². The molecule has 1 amide bonds. The van der Waals surface area contributed by atoms with E-state index in [9.17, 15) is 14.7 Å². The summed E-state index contributed by atoms with van der Waals surface area (Å²) >= 11 is 0. The summed E-state index contributed by atoms with van der Waals surface area (Å²) in [5.41, 5.74) is 4.62. The number of nitrogens with one attached hydrogen (secondary N) is 1. The number of H-pyrrole nitrogens is 1. The molecule has 1 aromatic heterocycles. The third-order valence-electron chi connectivity index (χ3n) is 8.48. The molecule has 1 aromatic carbocycles. The number of hydrogen-bond donors (Lipinski definition) is 2. The van der Waals surface area contributed by atoms with E-state index in [1.807, 2.05) is 17.0 Å². The number of fused-ring (bicyclic) bond motifs is 2. The summed E-state index contributed by atoms with van der Waals surface area (Å²) in [5, 5.41) is 10.3. The van der Waals surface area contributed by atoms with E-state index in [1.165, 1.54) is 11.1 Å². The first-order valence-electron chi connectivity index (χ1n) is 11.5. The number of benzene rings is 1. The second-order valence-electron chi connectivity index (χ2n) is 10.0. The van der Waals surface area contributed by atoms with E-state index >= 15 is 0 Å². The molecule has 2 N–H and O–H groups in total. The minimum absolute atomic E-state index is 0.0695. The third kappa shape index (κ3) is 2.73. The van der Waals surface area contributed by atoms with Crippen molar-refractivity contribution in [2.24, 2.45) is 5.92 Å². The smallest absolute Gasteiger partial charge is 0.261 e. The number of aromatic amines is 1. The standard InChI is InChI=1S/C25H29N3O3/c1-27-9-6-25-14-21-16(10-18(23(30)26-21)24(31)28-7-2-3-8-28)11-20(25)22(27)12-15-4-5-17(29)13-19(15)25/h4-5,10,13,20,22,29H,2-3,6-9,11-12,14H2,1H3,(H,26,30)/t20-,22+,25?/m0/s1. The number of nitrogens with zero attached hydrogens (tertiary/aromatic N) is 2. The number of aromatic hydroxyl groups is 1. The number of piperidine rings is 1. The van der Waals surface area contributed by atoms with Crippen LogP contribution in [0.1, 0.15) is 52.0 Å². The SMILES string of the molecule is CN1CCC23Cc4[nH]c(=O)c(C(=O)N5CCCC5)cc4C[C@H]2[C@H]1Cc1ccc(O)cc13. The number of phenolic OH excluding ortho intramolecular Hbond substituents is 1. The lowest BCUT2D eigenvalue weighted by molar-refractivity contribution is 0.0233. The number of pyridine rings is 1. The molecular weight excluding hydrogens is 390 g/mol. The van der Waals surface area contributed by atoms with Crippen LogP contribution in [-0.2, 0) is 24.7 Å². The lowest BCUT2D eigenvalue weighted by Crippen LogP contribution is -2.61. The predicted molar refractivity (Wildman–Crippen MR) is 118 cm³/mol. The van der Waals surface area contributed by atoms with E-state index in [4.69, 9.17) is 0 Å². The molecule has 3 atom stereocenters. The molecule has 0 radical (unpaired) electrons. The van der Waals surface area contributed by atoms with Crippen molar-refractivity contribution in [3.63, 3.8) is 0 Å². The van der Waals surface area contributed by atoms with Crippen molar-refractivity contribution in [1.29, 1.82) is 0 Å². The predicted octanol–water partition coefficient (Wildman–Crippen LogP) is 2.23. The average Bonchev–Trinajstić information content (AvgIpc) is 3.29. The van der Waals surface area contributed by atoms with E-state index in [0.717, 1.165) is 69.4 Å². The second-order valence-corrected chi connectivity index (χ2v) is 10.0. The van der Waals surface area contributed by atoms with Crippen molar-refractivity contribution in [3.05, 3.63) is 62.6 Å². The molecule has 162 valence electrons. The van der Waals surface area contributed by atoms with Crippen LogP contribution in [0.25, 0.3) is 0 Å². The van der Waals surface area contributed by atoms with Crippen molar-refractivity contribution < 1.29 is 9.90 Å². The number of aromatic nitrogens is 1. The Morgan fingerprint density at radius 1 is 1.13 bits per heavy atom. The van der Waals surface area contributed by atoms with E-state index in [2.05, 4.69) is 23.0 Å². The minimum atomic E-state index is -0.262. The minimum Gasteiger partial charge on any atom is -0.508 e. The Hall–Kier alpha value is -2.60. The number of rotatable bonds is 1. The maximum Gasteiger partial charge on any atom is 0.261 e. The van der Waals surface area contributed by atoms with Crippen LogP contribution in [-0.4, -0.2) is 58.5 Å². The van der Waals surface area contributed by atoms with Gasteiger partial charge >= 0.3 is 0 Å². The van der Waals surface area contributed by atoms with Gasteiger partial charge in [0.1, 0.15) is 11.3 Å². The number of likely N-dealkylation sites (tertiary alicyclic amines) is 2. The zero-order valence-electron chi connectivity index (χ0n) is 18.0. The lowest BCUT2D eigenvalue weighted by atomic mass is 9.52. The Bertz CT molecular complexity index is 1130. The Balaban J connectivity index is 1.46. The van der Waals surface area contributed by atoms with Crippen LogP contribution < -0.4 is 5.56 Å².